The van der Waals surface area contributed by atoms with E-state index in [1.165, 1.54) is 0 Å². The van der Waals surface area contributed by atoms with E-state index in [1.807, 2.05) is 27.7 Å². The number of carbonyl (C=O) groups excluding carboxylic acids is 1. The maximum absolute atomic E-state index is 11.4. The van der Waals surface area contributed by atoms with E-state index in [-0.39, 0.29) is 25.2 Å². The highest BCUT2D eigenvalue weighted by molar-refractivity contribution is 5.84. The SMILES string of the molecule is C.COC(NC(C)C)C(=O)C(C)C. The Morgan fingerprint density at radius 1 is 1.23 bits per heavy atom. The molecule has 80 valence electrons. The molecule has 0 aromatic rings. The largest absolute Gasteiger partial charge is 0.359 e. The highest BCUT2D eigenvalue weighted by Gasteiger charge is 2.20. The molecular formula is C10H23NO2. The smallest absolute Gasteiger partial charge is 0.178 e. The fourth-order valence-corrected chi connectivity index (χ4v) is 0.872. The molecule has 0 aliphatic heterocycles. The summed E-state index contributed by atoms with van der Waals surface area (Å²) >= 11 is 0. The third kappa shape index (κ3) is 5.77. The van der Waals surface area contributed by atoms with E-state index >= 15 is 0 Å². The van der Waals surface area contributed by atoms with Gasteiger partial charge in [-0.1, -0.05) is 21.3 Å². The molecule has 3 nitrogen and oxygen atoms in total. The first kappa shape index (κ1) is 15.1. The minimum absolute atomic E-state index is 0. The van der Waals surface area contributed by atoms with Gasteiger partial charge < -0.3 is 4.74 Å². The summed E-state index contributed by atoms with van der Waals surface area (Å²) in [6.07, 6.45) is -0.454. The summed E-state index contributed by atoms with van der Waals surface area (Å²) in [6.45, 7) is 7.71. The summed E-state index contributed by atoms with van der Waals surface area (Å²) in [7, 11) is 1.54. The molecule has 3 heteroatoms. The van der Waals surface area contributed by atoms with Crippen molar-refractivity contribution in [2.45, 2.75) is 47.4 Å². The van der Waals surface area contributed by atoms with E-state index in [0.29, 0.717) is 0 Å². The third-order valence-corrected chi connectivity index (χ3v) is 1.55. The standard InChI is InChI=1S/C9H19NO2.CH4/c1-6(2)8(11)9(12-5)10-7(3)4;/h6-7,9-10H,1-5H3;1H4. The fraction of sp³-hybridized carbons (Fsp3) is 0.900. The number of ether oxygens (including phenoxy) is 1. The van der Waals surface area contributed by atoms with Gasteiger partial charge in [0.05, 0.1) is 0 Å². The molecule has 0 rings (SSSR count). The number of hydrogen-bond donors (Lipinski definition) is 1. The summed E-state index contributed by atoms with van der Waals surface area (Å²) in [4.78, 5) is 11.4. The van der Waals surface area contributed by atoms with Gasteiger partial charge in [-0.3, -0.25) is 10.1 Å². The Labute approximate surface area is 81.9 Å². The van der Waals surface area contributed by atoms with E-state index in [4.69, 9.17) is 4.74 Å². The predicted octanol–water partition coefficient (Wildman–Crippen LogP) is 1.82. The Morgan fingerprint density at radius 2 is 1.69 bits per heavy atom. The van der Waals surface area contributed by atoms with Crippen molar-refractivity contribution in [1.82, 2.24) is 5.32 Å². The first-order valence-corrected chi connectivity index (χ1v) is 4.31. The van der Waals surface area contributed by atoms with Gasteiger partial charge in [0.25, 0.3) is 0 Å². The highest BCUT2D eigenvalue weighted by atomic mass is 16.5. The van der Waals surface area contributed by atoms with Gasteiger partial charge in [-0.05, 0) is 13.8 Å². The molecule has 0 amide bonds. The molecule has 0 saturated heterocycles. The van der Waals surface area contributed by atoms with Gasteiger partial charge in [0.15, 0.2) is 12.0 Å². The number of methoxy groups -OCH3 is 1. The number of rotatable bonds is 5. The zero-order valence-electron chi connectivity index (χ0n) is 8.55. The molecule has 0 bridgehead atoms. The molecule has 0 aromatic heterocycles. The monoisotopic (exact) mass is 189 g/mol. The van der Waals surface area contributed by atoms with Crippen LogP contribution in [0, 0.1) is 5.92 Å². The van der Waals surface area contributed by atoms with E-state index in [2.05, 4.69) is 5.32 Å². The van der Waals surface area contributed by atoms with E-state index in [9.17, 15) is 4.79 Å². The molecule has 0 radical (unpaired) electrons. The lowest BCUT2D eigenvalue weighted by atomic mass is 10.1. The number of nitrogens with one attached hydrogen (secondary N) is 1. The van der Waals surface area contributed by atoms with Crippen molar-refractivity contribution in [2.24, 2.45) is 5.92 Å². The number of carbonyl (C=O) groups is 1. The molecule has 0 saturated carbocycles. The van der Waals surface area contributed by atoms with Crippen LogP contribution in [-0.2, 0) is 9.53 Å². The summed E-state index contributed by atoms with van der Waals surface area (Å²) in [5.74, 6) is 0.118. The Balaban J connectivity index is 0. The summed E-state index contributed by atoms with van der Waals surface area (Å²) < 4.78 is 5.02. The average molecular weight is 189 g/mol. The first-order chi connectivity index (χ1) is 5.49. The van der Waals surface area contributed by atoms with Crippen LogP contribution in [0.25, 0.3) is 0 Å². The minimum Gasteiger partial charge on any atom is -0.359 e. The van der Waals surface area contributed by atoms with Gasteiger partial charge in [0.1, 0.15) is 0 Å². The van der Waals surface area contributed by atoms with Crippen LogP contribution in [0.1, 0.15) is 35.1 Å². The van der Waals surface area contributed by atoms with Crippen LogP contribution in [0.2, 0.25) is 0 Å². The van der Waals surface area contributed by atoms with Gasteiger partial charge in [-0.2, -0.15) is 0 Å². The second kappa shape index (κ2) is 7.04. The van der Waals surface area contributed by atoms with Crippen LogP contribution in [0.15, 0.2) is 0 Å². The predicted molar refractivity (Wildman–Crippen MR) is 55.6 cm³/mol. The van der Waals surface area contributed by atoms with Crippen molar-refractivity contribution < 1.29 is 9.53 Å². The molecule has 0 aliphatic rings. The quantitative estimate of drug-likeness (QED) is 0.670. The molecule has 1 unspecified atom stereocenters. The maximum Gasteiger partial charge on any atom is 0.178 e. The topological polar surface area (TPSA) is 38.3 Å². The molecule has 0 spiro atoms. The van der Waals surface area contributed by atoms with Crippen LogP contribution < -0.4 is 5.32 Å². The van der Waals surface area contributed by atoms with Crippen LogP contribution in [0.4, 0.5) is 0 Å². The molecule has 1 atom stereocenters. The van der Waals surface area contributed by atoms with E-state index in [0.717, 1.165) is 0 Å². The minimum atomic E-state index is -0.454. The normalized spacial score (nSPS) is 12.8. The van der Waals surface area contributed by atoms with Crippen molar-refractivity contribution >= 4 is 5.78 Å². The van der Waals surface area contributed by atoms with E-state index in [1.54, 1.807) is 7.11 Å². The van der Waals surface area contributed by atoms with Crippen LogP contribution in [0.5, 0.6) is 0 Å². The maximum atomic E-state index is 11.4. The Kier molecular flexibility index (Phi) is 8.16. The Bertz CT molecular complexity index is 144. The number of ketones is 1. The van der Waals surface area contributed by atoms with Crippen LogP contribution in [-0.4, -0.2) is 25.2 Å². The lowest BCUT2D eigenvalue weighted by molar-refractivity contribution is -0.134. The lowest BCUT2D eigenvalue weighted by Crippen LogP contribution is -2.43. The zero-order chi connectivity index (χ0) is 9.72. The van der Waals surface area contributed by atoms with Gasteiger partial charge >= 0.3 is 0 Å². The van der Waals surface area contributed by atoms with Gasteiger partial charge in [-0.25, -0.2) is 0 Å². The van der Waals surface area contributed by atoms with Gasteiger partial charge in [-0.15, -0.1) is 0 Å². The summed E-state index contributed by atoms with van der Waals surface area (Å²) in [6, 6.07) is 0.262. The van der Waals surface area contributed by atoms with Gasteiger partial charge in [0, 0.05) is 19.1 Å². The molecule has 0 aromatic carbocycles. The number of Topliss-reactive ketones (excluding diaryl/α,β-unsaturated/α-hetero) is 1. The second-order valence-corrected chi connectivity index (χ2v) is 3.49. The van der Waals surface area contributed by atoms with Crippen molar-refractivity contribution in [3.63, 3.8) is 0 Å². The van der Waals surface area contributed by atoms with Crippen LogP contribution in [0.3, 0.4) is 0 Å². The van der Waals surface area contributed by atoms with Gasteiger partial charge in [0.2, 0.25) is 0 Å². The summed E-state index contributed by atoms with van der Waals surface area (Å²) in [5.41, 5.74) is 0. The second-order valence-electron chi connectivity index (χ2n) is 3.49. The molecule has 0 heterocycles. The third-order valence-electron chi connectivity index (χ3n) is 1.55. The average Bonchev–Trinajstić information content (AvgIpc) is 1.98. The molecule has 1 N–H and O–H groups in total. The Morgan fingerprint density at radius 3 is 1.92 bits per heavy atom. The fourth-order valence-electron chi connectivity index (χ4n) is 0.872. The number of hydrogen-bond acceptors (Lipinski definition) is 3. The van der Waals surface area contributed by atoms with Crippen LogP contribution >= 0.6 is 0 Å². The lowest BCUT2D eigenvalue weighted by Gasteiger charge is -2.19. The van der Waals surface area contributed by atoms with Crippen molar-refractivity contribution in [3.8, 4) is 0 Å². The zero-order valence-corrected chi connectivity index (χ0v) is 8.55. The molecule has 0 aliphatic carbocycles. The van der Waals surface area contributed by atoms with E-state index < -0.39 is 6.23 Å². The molecular weight excluding hydrogens is 166 g/mol. The molecule has 0 fully saturated rings. The van der Waals surface area contributed by atoms with Crippen molar-refractivity contribution in [2.75, 3.05) is 7.11 Å². The Hall–Kier alpha value is -0.410. The highest BCUT2D eigenvalue weighted by Crippen LogP contribution is 2.01. The first-order valence-electron chi connectivity index (χ1n) is 4.31. The van der Waals surface area contributed by atoms with Crippen molar-refractivity contribution in [3.05, 3.63) is 0 Å². The summed E-state index contributed by atoms with van der Waals surface area (Å²) in [5, 5.41) is 3.04. The molecule has 13 heavy (non-hydrogen) atoms. The van der Waals surface area contributed by atoms with Crippen molar-refractivity contribution in [1.29, 1.82) is 0 Å².